The van der Waals surface area contributed by atoms with Gasteiger partial charge in [-0.25, -0.2) is 0 Å². The van der Waals surface area contributed by atoms with Gasteiger partial charge in [-0.1, -0.05) is 12.1 Å². The fourth-order valence-electron chi connectivity index (χ4n) is 2.30. The molecule has 1 aliphatic rings. The Balaban J connectivity index is 2.32. The van der Waals surface area contributed by atoms with Crippen LogP contribution in [0.25, 0.3) is 0 Å². The molecule has 0 saturated carbocycles. The number of nitrogens with one attached hydrogen (secondary N) is 1. The summed E-state index contributed by atoms with van der Waals surface area (Å²) in [7, 11) is 0. The van der Waals surface area contributed by atoms with Crippen LogP contribution in [0.4, 0.5) is 11.4 Å². The summed E-state index contributed by atoms with van der Waals surface area (Å²) in [5.41, 5.74) is 1.19. The van der Waals surface area contributed by atoms with Crippen molar-refractivity contribution in [1.29, 1.82) is 0 Å². The number of benzene rings is 1. The summed E-state index contributed by atoms with van der Waals surface area (Å²) in [6, 6.07) is 6.72. The normalized spacial score (nSPS) is 17.9. The number of carboxylic acid groups (broad SMARTS) is 1. The van der Waals surface area contributed by atoms with E-state index in [9.17, 15) is 14.4 Å². The molecule has 2 amide bonds. The molecule has 0 spiro atoms. The zero-order chi connectivity index (χ0) is 14.7. The maximum Gasteiger partial charge on any atom is 0.303 e. The minimum Gasteiger partial charge on any atom is -0.481 e. The minimum atomic E-state index is -1.01. The van der Waals surface area contributed by atoms with Crippen LogP contribution >= 0.6 is 0 Å². The molecule has 6 nitrogen and oxygen atoms in total. The molecule has 1 aliphatic heterocycles. The second kappa shape index (κ2) is 5.73. The molecule has 2 N–H and O–H groups in total. The van der Waals surface area contributed by atoms with E-state index in [1.54, 1.807) is 31.2 Å². The van der Waals surface area contributed by atoms with Crippen LogP contribution in [0.3, 0.4) is 0 Å². The summed E-state index contributed by atoms with van der Waals surface area (Å²) in [6.45, 7) is 1.78. The zero-order valence-electron chi connectivity index (χ0n) is 11.1. The number of hydrogen-bond acceptors (Lipinski definition) is 3. The van der Waals surface area contributed by atoms with Gasteiger partial charge in [-0.15, -0.1) is 0 Å². The number of aliphatic carboxylic acids is 1. The molecule has 0 bridgehead atoms. The summed E-state index contributed by atoms with van der Waals surface area (Å²) >= 11 is 0. The molecule has 1 atom stereocenters. The standard InChI is InChI=1S/C14H16N2O4/c1-9-8-12(17)15-10-4-2-3-5-11(10)16(9)13(18)6-7-14(19)20/h2-5,9H,6-8H2,1H3,(H,15,17)(H,19,20). The first-order chi connectivity index (χ1) is 9.49. The molecule has 6 heteroatoms. The Morgan fingerprint density at radius 3 is 2.75 bits per heavy atom. The van der Waals surface area contributed by atoms with E-state index in [-0.39, 0.29) is 37.1 Å². The van der Waals surface area contributed by atoms with E-state index in [4.69, 9.17) is 5.11 Å². The highest BCUT2D eigenvalue weighted by molar-refractivity contribution is 6.04. The Morgan fingerprint density at radius 2 is 2.05 bits per heavy atom. The molecule has 0 saturated heterocycles. The molecule has 2 rings (SSSR count). The van der Waals surface area contributed by atoms with E-state index in [0.29, 0.717) is 11.4 Å². The van der Waals surface area contributed by atoms with Gasteiger partial charge in [0.05, 0.1) is 17.8 Å². The third kappa shape index (κ3) is 2.96. The van der Waals surface area contributed by atoms with Crippen molar-refractivity contribution < 1.29 is 19.5 Å². The third-order valence-corrected chi connectivity index (χ3v) is 3.18. The van der Waals surface area contributed by atoms with Crippen molar-refractivity contribution in [3.63, 3.8) is 0 Å². The number of fused-ring (bicyclic) bond motifs is 1. The van der Waals surface area contributed by atoms with Crippen molar-refractivity contribution in [2.45, 2.75) is 32.2 Å². The van der Waals surface area contributed by atoms with Crippen molar-refractivity contribution in [3.05, 3.63) is 24.3 Å². The SMILES string of the molecule is CC1CC(=O)Nc2ccccc2N1C(=O)CCC(=O)O. The fourth-order valence-corrected chi connectivity index (χ4v) is 2.30. The Bertz CT molecular complexity index is 556. The van der Waals surface area contributed by atoms with Crippen LogP contribution in [0, 0.1) is 0 Å². The molecule has 0 fully saturated rings. The van der Waals surface area contributed by atoms with Gasteiger partial charge in [-0.2, -0.15) is 0 Å². The van der Waals surface area contributed by atoms with Crippen molar-refractivity contribution in [3.8, 4) is 0 Å². The second-order valence-corrected chi connectivity index (χ2v) is 4.78. The number of carboxylic acids is 1. The zero-order valence-corrected chi connectivity index (χ0v) is 11.1. The Morgan fingerprint density at radius 1 is 1.35 bits per heavy atom. The van der Waals surface area contributed by atoms with Gasteiger partial charge in [-0.05, 0) is 19.1 Å². The van der Waals surface area contributed by atoms with Crippen LogP contribution in [0.2, 0.25) is 0 Å². The third-order valence-electron chi connectivity index (χ3n) is 3.18. The Kier molecular flexibility index (Phi) is 4.02. The highest BCUT2D eigenvalue weighted by atomic mass is 16.4. The fraction of sp³-hybridized carbons (Fsp3) is 0.357. The summed E-state index contributed by atoms with van der Waals surface area (Å²) < 4.78 is 0. The van der Waals surface area contributed by atoms with Gasteiger partial charge in [-0.3, -0.25) is 14.4 Å². The van der Waals surface area contributed by atoms with Crippen LogP contribution in [-0.4, -0.2) is 28.9 Å². The van der Waals surface area contributed by atoms with Crippen LogP contribution < -0.4 is 10.2 Å². The largest absolute Gasteiger partial charge is 0.481 e. The molecule has 20 heavy (non-hydrogen) atoms. The first-order valence-corrected chi connectivity index (χ1v) is 6.42. The number of anilines is 2. The lowest BCUT2D eigenvalue weighted by atomic mass is 10.1. The van der Waals surface area contributed by atoms with Crippen molar-refractivity contribution in [2.75, 3.05) is 10.2 Å². The maximum atomic E-state index is 12.3. The first kappa shape index (κ1) is 14.0. The highest BCUT2D eigenvalue weighted by Gasteiger charge is 2.29. The van der Waals surface area contributed by atoms with E-state index in [0.717, 1.165) is 0 Å². The number of carbonyl (C=O) groups excluding carboxylic acids is 2. The lowest BCUT2D eigenvalue weighted by Gasteiger charge is -2.27. The maximum absolute atomic E-state index is 12.3. The van der Waals surface area contributed by atoms with E-state index in [1.165, 1.54) is 4.90 Å². The molecular formula is C14H16N2O4. The average Bonchev–Trinajstić information content (AvgIpc) is 2.50. The molecule has 0 aromatic heterocycles. The predicted molar refractivity (Wildman–Crippen MR) is 73.5 cm³/mol. The molecule has 1 unspecified atom stereocenters. The van der Waals surface area contributed by atoms with E-state index in [1.807, 2.05) is 0 Å². The van der Waals surface area contributed by atoms with Gasteiger partial charge in [0.1, 0.15) is 0 Å². The topological polar surface area (TPSA) is 86.7 Å². The number of para-hydroxylation sites is 2. The quantitative estimate of drug-likeness (QED) is 0.878. The van der Waals surface area contributed by atoms with Gasteiger partial charge in [0.25, 0.3) is 0 Å². The summed E-state index contributed by atoms with van der Waals surface area (Å²) in [5, 5.41) is 11.4. The lowest BCUT2D eigenvalue weighted by molar-refractivity contribution is -0.138. The van der Waals surface area contributed by atoms with E-state index < -0.39 is 5.97 Å². The van der Waals surface area contributed by atoms with Crippen molar-refractivity contribution in [1.82, 2.24) is 0 Å². The van der Waals surface area contributed by atoms with E-state index in [2.05, 4.69) is 5.32 Å². The van der Waals surface area contributed by atoms with Gasteiger partial charge in [0, 0.05) is 18.9 Å². The molecule has 1 aromatic carbocycles. The van der Waals surface area contributed by atoms with Crippen LogP contribution in [0.15, 0.2) is 24.3 Å². The Labute approximate surface area is 116 Å². The predicted octanol–water partition coefficient (Wildman–Crippen LogP) is 1.62. The van der Waals surface area contributed by atoms with Crippen molar-refractivity contribution >= 4 is 29.2 Å². The van der Waals surface area contributed by atoms with Crippen LogP contribution in [-0.2, 0) is 14.4 Å². The highest BCUT2D eigenvalue weighted by Crippen LogP contribution is 2.31. The number of amides is 2. The summed E-state index contributed by atoms with van der Waals surface area (Å²) in [6.07, 6.45) is -0.110. The van der Waals surface area contributed by atoms with Crippen LogP contribution in [0.1, 0.15) is 26.2 Å². The van der Waals surface area contributed by atoms with Gasteiger partial charge >= 0.3 is 5.97 Å². The summed E-state index contributed by atoms with van der Waals surface area (Å²) in [4.78, 5) is 36.1. The molecule has 0 aliphatic carbocycles. The number of carbonyl (C=O) groups is 3. The van der Waals surface area contributed by atoms with Crippen molar-refractivity contribution in [2.24, 2.45) is 0 Å². The first-order valence-electron chi connectivity index (χ1n) is 6.42. The second-order valence-electron chi connectivity index (χ2n) is 4.78. The molecule has 0 radical (unpaired) electrons. The smallest absolute Gasteiger partial charge is 0.303 e. The summed E-state index contributed by atoms with van der Waals surface area (Å²) in [5.74, 6) is -1.45. The monoisotopic (exact) mass is 276 g/mol. The number of rotatable bonds is 3. The van der Waals surface area contributed by atoms with Gasteiger partial charge in [0.2, 0.25) is 11.8 Å². The van der Waals surface area contributed by atoms with Gasteiger partial charge < -0.3 is 15.3 Å². The molecule has 1 aromatic rings. The lowest BCUT2D eigenvalue weighted by Crippen LogP contribution is -2.39. The molecule has 106 valence electrons. The molecular weight excluding hydrogens is 260 g/mol. The minimum absolute atomic E-state index is 0.0812. The van der Waals surface area contributed by atoms with Gasteiger partial charge in [0.15, 0.2) is 0 Å². The van der Waals surface area contributed by atoms with E-state index >= 15 is 0 Å². The number of nitrogens with zero attached hydrogens (tertiary/aromatic N) is 1. The van der Waals surface area contributed by atoms with Crippen LogP contribution in [0.5, 0.6) is 0 Å². The average molecular weight is 276 g/mol. The number of hydrogen-bond donors (Lipinski definition) is 2. The Hall–Kier alpha value is -2.37. The molecule has 1 heterocycles.